The van der Waals surface area contributed by atoms with Crippen molar-refractivity contribution in [3.8, 4) is 11.5 Å². The van der Waals surface area contributed by atoms with E-state index in [2.05, 4.69) is 26.9 Å². The van der Waals surface area contributed by atoms with E-state index in [1.165, 1.54) is 5.56 Å². The Kier molecular flexibility index (Phi) is 5.92. The summed E-state index contributed by atoms with van der Waals surface area (Å²) in [5.74, 6) is 2.45. The van der Waals surface area contributed by atoms with E-state index in [4.69, 9.17) is 19.2 Å². The van der Waals surface area contributed by atoms with Crippen molar-refractivity contribution in [3.05, 3.63) is 41.2 Å². The molecule has 0 saturated carbocycles. The molecule has 0 atom stereocenters. The first-order valence-corrected chi connectivity index (χ1v) is 9.96. The summed E-state index contributed by atoms with van der Waals surface area (Å²) < 4.78 is 16.6. The van der Waals surface area contributed by atoms with Crippen molar-refractivity contribution in [1.29, 1.82) is 0 Å². The monoisotopic (exact) mass is 384 g/mol. The summed E-state index contributed by atoms with van der Waals surface area (Å²) in [7, 11) is 1.67. The van der Waals surface area contributed by atoms with E-state index in [0.717, 1.165) is 74.5 Å². The Morgan fingerprint density at radius 3 is 2.79 bits per heavy atom. The number of anilines is 1. The van der Waals surface area contributed by atoms with E-state index >= 15 is 0 Å². The first-order valence-electron chi connectivity index (χ1n) is 9.96. The van der Waals surface area contributed by atoms with Gasteiger partial charge >= 0.3 is 0 Å². The topological polar surface area (TPSA) is 60.0 Å². The van der Waals surface area contributed by atoms with E-state index in [1.807, 2.05) is 19.2 Å². The highest BCUT2D eigenvalue weighted by Crippen LogP contribution is 2.28. The zero-order valence-corrected chi connectivity index (χ0v) is 16.7. The van der Waals surface area contributed by atoms with Gasteiger partial charge in [0, 0.05) is 50.9 Å². The maximum Gasteiger partial charge on any atom is 0.225 e. The van der Waals surface area contributed by atoms with Crippen molar-refractivity contribution in [2.45, 2.75) is 26.5 Å². The molecule has 0 radical (unpaired) electrons. The number of aromatic nitrogens is 2. The minimum absolute atomic E-state index is 0.630. The van der Waals surface area contributed by atoms with Crippen LogP contribution in [0.3, 0.4) is 0 Å². The summed E-state index contributed by atoms with van der Waals surface area (Å²) in [6.07, 6.45) is 2.81. The van der Waals surface area contributed by atoms with E-state index in [0.29, 0.717) is 13.2 Å². The van der Waals surface area contributed by atoms with E-state index < -0.39 is 0 Å². The summed E-state index contributed by atoms with van der Waals surface area (Å²) in [5.41, 5.74) is 3.50. The summed E-state index contributed by atoms with van der Waals surface area (Å²) in [6, 6.07) is 6.19. The Morgan fingerprint density at radius 1 is 1.14 bits per heavy atom. The van der Waals surface area contributed by atoms with Crippen LogP contribution in [0.15, 0.2) is 24.4 Å². The molecular weight excluding hydrogens is 356 g/mol. The van der Waals surface area contributed by atoms with Crippen LogP contribution in [0.4, 0.5) is 5.95 Å². The molecule has 28 heavy (non-hydrogen) atoms. The van der Waals surface area contributed by atoms with Crippen LogP contribution < -0.4 is 14.4 Å². The Balaban J connectivity index is 1.36. The molecule has 3 heterocycles. The van der Waals surface area contributed by atoms with Crippen LogP contribution in [-0.2, 0) is 24.3 Å². The molecule has 2 aliphatic heterocycles. The lowest BCUT2D eigenvalue weighted by Crippen LogP contribution is -2.46. The molecule has 1 saturated heterocycles. The fourth-order valence-corrected chi connectivity index (χ4v) is 3.72. The lowest BCUT2D eigenvalue weighted by atomic mass is 10.1. The maximum absolute atomic E-state index is 5.70. The van der Waals surface area contributed by atoms with Crippen molar-refractivity contribution in [2.24, 2.45) is 0 Å². The van der Waals surface area contributed by atoms with Crippen LogP contribution in [0, 0.1) is 0 Å². The molecule has 1 fully saturated rings. The second-order valence-electron chi connectivity index (χ2n) is 7.13. The number of hydrogen-bond donors (Lipinski definition) is 0. The van der Waals surface area contributed by atoms with Gasteiger partial charge in [0.25, 0.3) is 0 Å². The number of methoxy groups -OCH3 is 1. The second kappa shape index (κ2) is 8.75. The molecule has 1 aromatic carbocycles. The number of piperazine rings is 1. The Labute approximate surface area is 166 Å². The average molecular weight is 384 g/mol. The molecule has 0 spiro atoms. The standard InChI is InChI=1S/C21H28N4O3/c1-3-28-20-12-16(4-5-19(20)26-2)14-24-7-9-25(10-8-24)21-22-13-17-15-27-11-6-18(17)23-21/h4-5,12-13H,3,6-11,14-15H2,1-2H3. The lowest BCUT2D eigenvalue weighted by molar-refractivity contribution is 0.109. The van der Waals surface area contributed by atoms with Gasteiger partial charge in [-0.1, -0.05) is 6.07 Å². The zero-order valence-electron chi connectivity index (χ0n) is 16.7. The van der Waals surface area contributed by atoms with E-state index in [-0.39, 0.29) is 0 Å². The molecule has 0 unspecified atom stereocenters. The lowest BCUT2D eigenvalue weighted by Gasteiger charge is -2.35. The number of fused-ring (bicyclic) bond motifs is 1. The van der Waals surface area contributed by atoms with Gasteiger partial charge in [0.15, 0.2) is 11.5 Å². The van der Waals surface area contributed by atoms with Gasteiger partial charge in [-0.05, 0) is 24.6 Å². The minimum Gasteiger partial charge on any atom is -0.493 e. The largest absolute Gasteiger partial charge is 0.493 e. The van der Waals surface area contributed by atoms with Gasteiger partial charge in [0.2, 0.25) is 5.95 Å². The number of hydrogen-bond acceptors (Lipinski definition) is 7. The number of benzene rings is 1. The zero-order chi connectivity index (χ0) is 19.3. The van der Waals surface area contributed by atoms with Crippen molar-refractivity contribution in [3.63, 3.8) is 0 Å². The Hall–Kier alpha value is -2.38. The summed E-state index contributed by atoms with van der Waals surface area (Å²) >= 11 is 0. The van der Waals surface area contributed by atoms with Crippen molar-refractivity contribution < 1.29 is 14.2 Å². The molecule has 150 valence electrons. The molecular formula is C21H28N4O3. The Morgan fingerprint density at radius 2 is 2.00 bits per heavy atom. The van der Waals surface area contributed by atoms with Crippen molar-refractivity contribution in [1.82, 2.24) is 14.9 Å². The fraction of sp³-hybridized carbons (Fsp3) is 0.524. The molecule has 0 N–H and O–H groups in total. The van der Waals surface area contributed by atoms with Gasteiger partial charge in [-0.2, -0.15) is 0 Å². The van der Waals surface area contributed by atoms with Gasteiger partial charge in [-0.25, -0.2) is 9.97 Å². The fourth-order valence-electron chi connectivity index (χ4n) is 3.72. The van der Waals surface area contributed by atoms with Crippen LogP contribution in [-0.4, -0.2) is 61.4 Å². The van der Waals surface area contributed by atoms with E-state index in [1.54, 1.807) is 7.11 Å². The van der Waals surface area contributed by atoms with E-state index in [9.17, 15) is 0 Å². The first-order chi connectivity index (χ1) is 13.8. The molecule has 0 aliphatic carbocycles. The highest BCUT2D eigenvalue weighted by Gasteiger charge is 2.21. The normalized spacial score (nSPS) is 17.3. The minimum atomic E-state index is 0.630. The number of nitrogens with zero attached hydrogens (tertiary/aromatic N) is 4. The third kappa shape index (κ3) is 4.20. The molecule has 1 aromatic heterocycles. The van der Waals surface area contributed by atoms with Gasteiger partial charge in [-0.3, -0.25) is 4.90 Å². The summed E-state index contributed by atoms with van der Waals surface area (Å²) in [5, 5.41) is 0. The highest BCUT2D eigenvalue weighted by atomic mass is 16.5. The highest BCUT2D eigenvalue weighted by molar-refractivity contribution is 5.43. The van der Waals surface area contributed by atoms with Crippen LogP contribution >= 0.6 is 0 Å². The predicted molar refractivity (Wildman–Crippen MR) is 107 cm³/mol. The number of ether oxygens (including phenoxy) is 3. The predicted octanol–water partition coefficient (Wildman–Crippen LogP) is 2.28. The van der Waals surface area contributed by atoms with Crippen molar-refractivity contribution >= 4 is 5.95 Å². The molecule has 0 amide bonds. The van der Waals surface area contributed by atoms with Crippen LogP contribution in [0.25, 0.3) is 0 Å². The van der Waals surface area contributed by atoms with Crippen LogP contribution in [0.2, 0.25) is 0 Å². The molecule has 7 nitrogen and oxygen atoms in total. The van der Waals surface area contributed by atoms with Crippen molar-refractivity contribution in [2.75, 3.05) is 51.4 Å². The molecule has 0 bridgehead atoms. The summed E-state index contributed by atoms with van der Waals surface area (Å²) in [4.78, 5) is 14.1. The first kappa shape index (κ1) is 19.0. The third-order valence-electron chi connectivity index (χ3n) is 5.27. The van der Waals surface area contributed by atoms with Gasteiger partial charge in [0.1, 0.15) is 0 Å². The molecule has 7 heteroatoms. The molecule has 4 rings (SSSR count). The van der Waals surface area contributed by atoms with Crippen LogP contribution in [0.5, 0.6) is 11.5 Å². The summed E-state index contributed by atoms with van der Waals surface area (Å²) in [6.45, 7) is 8.75. The molecule has 2 aliphatic rings. The smallest absolute Gasteiger partial charge is 0.225 e. The SMILES string of the molecule is CCOc1cc(CN2CCN(c3ncc4c(n3)CCOC4)CC2)ccc1OC. The Bertz CT molecular complexity index is 806. The molecule has 2 aromatic rings. The van der Waals surface area contributed by atoms with Gasteiger partial charge in [0.05, 0.1) is 32.6 Å². The third-order valence-corrected chi connectivity index (χ3v) is 5.27. The van der Waals surface area contributed by atoms with Gasteiger partial charge in [-0.15, -0.1) is 0 Å². The quantitative estimate of drug-likeness (QED) is 0.757. The number of rotatable bonds is 6. The van der Waals surface area contributed by atoms with Gasteiger partial charge < -0.3 is 19.1 Å². The second-order valence-corrected chi connectivity index (χ2v) is 7.13. The average Bonchev–Trinajstić information content (AvgIpc) is 2.74. The maximum atomic E-state index is 5.70. The van der Waals surface area contributed by atoms with Crippen LogP contribution in [0.1, 0.15) is 23.7 Å².